The van der Waals surface area contributed by atoms with Crippen LogP contribution in [0.3, 0.4) is 0 Å². The smallest absolute Gasteiger partial charge is 0.0541 e. The molecule has 10 aromatic rings. The van der Waals surface area contributed by atoms with Crippen LogP contribution in [0.15, 0.2) is 212 Å². The molecule has 0 aliphatic heterocycles. The fourth-order valence-electron chi connectivity index (χ4n) is 8.98. The number of aromatic nitrogens is 2. The van der Waals surface area contributed by atoms with Gasteiger partial charge in [0.05, 0.1) is 22.1 Å². The molecule has 2 nitrogen and oxygen atoms in total. The molecule has 0 radical (unpaired) electrons. The fraction of sp³-hybridized carbons (Fsp3) is 0.0370. The molecule has 0 amide bonds. The number of hydrogen-bond donors (Lipinski definition) is 0. The van der Waals surface area contributed by atoms with E-state index in [2.05, 4.69) is 221 Å². The van der Waals surface area contributed by atoms with E-state index >= 15 is 0 Å². The second-order valence-corrected chi connectivity index (χ2v) is 14.9. The van der Waals surface area contributed by atoms with Gasteiger partial charge in [-0.2, -0.15) is 0 Å². The third-order valence-electron chi connectivity index (χ3n) is 11.6. The summed E-state index contributed by atoms with van der Waals surface area (Å²) >= 11 is 0. The van der Waals surface area contributed by atoms with E-state index in [0.717, 1.165) is 12.1 Å². The first kappa shape index (κ1) is 32.3. The Balaban J connectivity index is 1.05. The lowest BCUT2D eigenvalue weighted by Gasteiger charge is -2.21. The van der Waals surface area contributed by atoms with E-state index in [1.807, 2.05) is 0 Å². The molecule has 2 aromatic heterocycles. The van der Waals surface area contributed by atoms with Crippen molar-refractivity contribution in [2.24, 2.45) is 0 Å². The van der Waals surface area contributed by atoms with Crippen molar-refractivity contribution >= 4 is 49.3 Å². The predicted octanol–water partition coefficient (Wildman–Crippen LogP) is 14.5. The average Bonchev–Trinajstić information content (AvgIpc) is 3.79. The summed E-state index contributed by atoms with van der Waals surface area (Å²) in [5.74, 6) is 0.353. The molecule has 0 fully saturated rings. The zero-order valence-electron chi connectivity index (χ0n) is 30.9. The minimum atomic E-state index is 0.353. The number of fused-ring (bicyclic) bond motifs is 6. The van der Waals surface area contributed by atoms with Gasteiger partial charge in [0, 0.05) is 38.8 Å². The maximum absolute atomic E-state index is 2.48. The van der Waals surface area contributed by atoms with Gasteiger partial charge in [0.1, 0.15) is 0 Å². The lowest BCUT2D eigenvalue weighted by atomic mass is 9.91. The summed E-state index contributed by atoms with van der Waals surface area (Å²) in [6.07, 6.45) is 7.82. The van der Waals surface area contributed by atoms with Gasteiger partial charge in [-0.15, -0.1) is 0 Å². The van der Waals surface area contributed by atoms with Gasteiger partial charge in [-0.05, 0) is 106 Å². The van der Waals surface area contributed by atoms with Crippen LogP contribution < -0.4 is 0 Å². The van der Waals surface area contributed by atoms with E-state index in [4.69, 9.17) is 0 Å². The van der Waals surface area contributed by atoms with Crippen molar-refractivity contribution in [2.45, 2.75) is 12.3 Å². The highest BCUT2D eigenvalue weighted by Crippen LogP contribution is 2.41. The number of hydrogen-bond acceptors (Lipinski definition) is 0. The van der Waals surface area contributed by atoms with Crippen molar-refractivity contribution in [3.63, 3.8) is 0 Å². The van der Waals surface area contributed by atoms with E-state index < -0.39 is 0 Å². The minimum Gasteiger partial charge on any atom is -0.313 e. The maximum atomic E-state index is 2.48. The number of allylic oxidation sites excluding steroid dienone is 4. The average molecular weight is 715 g/mol. The van der Waals surface area contributed by atoms with E-state index in [0.29, 0.717) is 5.92 Å². The Hall–Kier alpha value is -7.16. The molecule has 56 heavy (non-hydrogen) atoms. The first-order valence-electron chi connectivity index (χ1n) is 19.5. The van der Waals surface area contributed by atoms with Gasteiger partial charge in [0.25, 0.3) is 0 Å². The second-order valence-electron chi connectivity index (χ2n) is 14.9. The van der Waals surface area contributed by atoms with Crippen LogP contribution in [0.5, 0.6) is 0 Å². The van der Waals surface area contributed by atoms with E-state index in [9.17, 15) is 0 Å². The summed E-state index contributed by atoms with van der Waals surface area (Å²) in [6, 6.07) is 71.0. The van der Waals surface area contributed by atoms with Crippen molar-refractivity contribution < 1.29 is 0 Å². The first-order chi connectivity index (χ1) is 27.8. The normalized spacial score (nSPS) is 14.2. The molecule has 11 rings (SSSR count). The number of benzene rings is 8. The van der Waals surface area contributed by atoms with Crippen molar-refractivity contribution in [1.82, 2.24) is 9.13 Å². The molecule has 0 saturated heterocycles. The zero-order chi connectivity index (χ0) is 37.0. The summed E-state index contributed by atoms with van der Waals surface area (Å²) in [5.41, 5.74) is 16.0. The predicted molar refractivity (Wildman–Crippen MR) is 237 cm³/mol. The maximum Gasteiger partial charge on any atom is 0.0541 e. The molecule has 1 aliphatic rings. The van der Waals surface area contributed by atoms with Crippen LogP contribution in [0.1, 0.15) is 17.9 Å². The van der Waals surface area contributed by atoms with Crippen molar-refractivity contribution in [2.75, 3.05) is 0 Å². The third-order valence-corrected chi connectivity index (χ3v) is 11.6. The molecule has 0 bridgehead atoms. The van der Waals surface area contributed by atoms with Crippen LogP contribution in [0.25, 0.3) is 88.4 Å². The Bertz CT molecular complexity index is 3080. The molecule has 0 N–H and O–H groups in total. The van der Waals surface area contributed by atoms with Crippen molar-refractivity contribution in [3.8, 4) is 39.1 Å². The molecular formula is C54H38N2. The molecular weight excluding hydrogens is 677 g/mol. The lowest BCUT2D eigenvalue weighted by molar-refractivity contribution is 0.837. The molecule has 1 aliphatic carbocycles. The van der Waals surface area contributed by atoms with Crippen LogP contribution in [0.2, 0.25) is 0 Å². The molecule has 1 atom stereocenters. The molecule has 2 heteroatoms. The van der Waals surface area contributed by atoms with Crippen LogP contribution in [-0.4, -0.2) is 9.13 Å². The summed E-state index contributed by atoms with van der Waals surface area (Å²) < 4.78 is 4.93. The van der Waals surface area contributed by atoms with Gasteiger partial charge >= 0.3 is 0 Å². The topological polar surface area (TPSA) is 9.86 Å². The second kappa shape index (κ2) is 13.3. The quantitative estimate of drug-likeness (QED) is 0.162. The first-order valence-corrected chi connectivity index (χ1v) is 19.5. The standard InChI is InChI=1S/C54H38N2/c1-4-15-37(16-5-1)40-21-14-22-45(32-40)55-51-25-12-10-23-47(51)49-35-41(27-29-53(49)55)42-28-30-54-50(36-42)48-24-11-13-26-52(48)56(54)46-33-43(38-17-6-2-7-18-38)31-44(34-46)39-19-8-3-9-20-39/h1-31,33-36,40H,32H2. The van der Waals surface area contributed by atoms with Crippen LogP contribution >= 0.6 is 0 Å². The van der Waals surface area contributed by atoms with Crippen LogP contribution in [0.4, 0.5) is 0 Å². The van der Waals surface area contributed by atoms with E-state index in [1.165, 1.54) is 88.3 Å². The molecule has 264 valence electrons. The largest absolute Gasteiger partial charge is 0.313 e. The zero-order valence-corrected chi connectivity index (χ0v) is 30.9. The van der Waals surface area contributed by atoms with Gasteiger partial charge in [-0.3, -0.25) is 0 Å². The Kier molecular flexibility index (Phi) is 7.67. The van der Waals surface area contributed by atoms with Gasteiger partial charge in [-0.1, -0.05) is 152 Å². The number of rotatable bonds is 6. The molecule has 1 unspecified atom stereocenters. The highest BCUT2D eigenvalue weighted by Gasteiger charge is 2.20. The van der Waals surface area contributed by atoms with E-state index in [-0.39, 0.29) is 0 Å². The Morgan fingerprint density at radius 1 is 0.357 bits per heavy atom. The Labute approximate surface area is 326 Å². The molecule has 0 saturated carbocycles. The monoisotopic (exact) mass is 714 g/mol. The molecule has 0 spiro atoms. The highest BCUT2D eigenvalue weighted by atomic mass is 15.0. The minimum absolute atomic E-state index is 0.353. The van der Waals surface area contributed by atoms with Crippen molar-refractivity contribution in [3.05, 3.63) is 218 Å². The third kappa shape index (κ3) is 5.41. The summed E-state index contributed by atoms with van der Waals surface area (Å²) in [5, 5.41) is 5.05. The molecule has 2 heterocycles. The number of nitrogens with zero attached hydrogens (tertiary/aromatic N) is 2. The molecule has 8 aromatic carbocycles. The summed E-state index contributed by atoms with van der Waals surface area (Å²) in [4.78, 5) is 0. The van der Waals surface area contributed by atoms with Crippen LogP contribution in [-0.2, 0) is 0 Å². The Morgan fingerprint density at radius 2 is 0.839 bits per heavy atom. The van der Waals surface area contributed by atoms with Gasteiger partial charge < -0.3 is 9.13 Å². The van der Waals surface area contributed by atoms with E-state index in [1.54, 1.807) is 0 Å². The van der Waals surface area contributed by atoms with Crippen molar-refractivity contribution in [1.29, 1.82) is 0 Å². The lowest BCUT2D eigenvalue weighted by Crippen LogP contribution is -2.05. The SMILES string of the molecule is C1=CC(c2ccccc2)CC(n2c3ccccc3c3cc(-c4ccc5c(c4)c4ccccc4n5-c4cc(-c5ccccc5)cc(-c5ccccc5)c4)ccc32)=C1. The summed E-state index contributed by atoms with van der Waals surface area (Å²) in [7, 11) is 0. The fourth-order valence-corrected chi connectivity index (χ4v) is 8.98. The van der Waals surface area contributed by atoms with Gasteiger partial charge in [0.15, 0.2) is 0 Å². The Morgan fingerprint density at radius 3 is 1.43 bits per heavy atom. The van der Waals surface area contributed by atoms with Crippen LogP contribution in [0, 0.1) is 0 Å². The number of para-hydroxylation sites is 2. The summed E-state index contributed by atoms with van der Waals surface area (Å²) in [6.45, 7) is 0. The van der Waals surface area contributed by atoms with Gasteiger partial charge in [-0.25, -0.2) is 0 Å². The van der Waals surface area contributed by atoms with Gasteiger partial charge in [0.2, 0.25) is 0 Å². The highest BCUT2D eigenvalue weighted by molar-refractivity contribution is 6.13.